The van der Waals surface area contributed by atoms with E-state index in [2.05, 4.69) is 27.1 Å². The summed E-state index contributed by atoms with van der Waals surface area (Å²) in [6, 6.07) is 8.11. The van der Waals surface area contributed by atoms with E-state index in [0.717, 1.165) is 17.0 Å². The quantitative estimate of drug-likeness (QED) is 0.0612. The van der Waals surface area contributed by atoms with Crippen LogP contribution in [0.15, 0.2) is 47.0 Å². The van der Waals surface area contributed by atoms with Gasteiger partial charge in [0, 0.05) is 75.0 Å². The predicted molar refractivity (Wildman–Crippen MR) is 225 cm³/mol. The number of carbonyl (C=O) groups is 4. The molecule has 2 amide bonds. The first-order chi connectivity index (χ1) is 27.1. The third kappa shape index (κ3) is 12.7. The fourth-order valence-corrected chi connectivity index (χ4v) is 9.57. The van der Waals surface area contributed by atoms with Gasteiger partial charge in [-0.1, -0.05) is 83.4 Å². The fourth-order valence-electron chi connectivity index (χ4n) is 8.83. The molecule has 1 aliphatic heterocycles. The van der Waals surface area contributed by atoms with Crippen molar-refractivity contribution in [2.24, 2.45) is 28.8 Å². The molecule has 0 unspecified atom stereocenters. The molecule has 0 radical (unpaired) electrons. The van der Waals surface area contributed by atoms with Crippen LogP contribution < -0.4 is 0 Å². The van der Waals surface area contributed by atoms with Crippen molar-refractivity contribution in [2.75, 3.05) is 41.9 Å². The molecule has 1 aliphatic rings. The van der Waals surface area contributed by atoms with Gasteiger partial charge in [-0.25, -0.2) is 4.98 Å². The number of likely N-dealkylation sites (tertiary alicyclic amines) is 1. The Morgan fingerprint density at radius 3 is 2.23 bits per heavy atom. The van der Waals surface area contributed by atoms with Crippen LogP contribution in [0.5, 0.6) is 0 Å². The molecule has 0 N–H and O–H groups in total. The molecule has 2 heterocycles. The van der Waals surface area contributed by atoms with Gasteiger partial charge in [-0.2, -0.15) is 0 Å². The molecular formula is C43H67N7O6S. The minimum atomic E-state index is -0.897. The molecule has 10 atom stereocenters. The van der Waals surface area contributed by atoms with E-state index in [1.807, 2.05) is 82.1 Å². The highest BCUT2D eigenvalue weighted by atomic mass is 32.1. The number of likely N-dealkylation sites (N-methyl/N-ethyl adjacent to an activating group) is 2. The molecule has 14 heteroatoms. The number of azide groups is 1. The van der Waals surface area contributed by atoms with Crippen LogP contribution in [0.4, 0.5) is 0 Å². The minimum absolute atomic E-state index is 0.00708. The van der Waals surface area contributed by atoms with Crippen molar-refractivity contribution in [2.45, 2.75) is 129 Å². The van der Waals surface area contributed by atoms with Crippen molar-refractivity contribution in [1.82, 2.24) is 19.7 Å². The Bertz CT molecular complexity index is 1610. The third-order valence-corrected chi connectivity index (χ3v) is 12.9. The van der Waals surface area contributed by atoms with Crippen LogP contribution in [0, 0.1) is 23.7 Å². The van der Waals surface area contributed by atoms with Gasteiger partial charge in [-0.15, -0.1) is 11.3 Å². The van der Waals surface area contributed by atoms with Crippen molar-refractivity contribution in [1.29, 1.82) is 0 Å². The summed E-state index contributed by atoms with van der Waals surface area (Å²) in [6.07, 6.45) is 3.69. The maximum atomic E-state index is 14.4. The number of carbonyl (C=O) groups excluding carboxylic acids is 4. The first kappa shape index (κ1) is 47.7. The Balaban J connectivity index is 1.83. The zero-order chi connectivity index (χ0) is 42.4. The maximum Gasteiger partial charge on any atom is 0.226 e. The average Bonchev–Trinajstić information content (AvgIpc) is 3.90. The summed E-state index contributed by atoms with van der Waals surface area (Å²) in [5, 5.41) is 6.73. The van der Waals surface area contributed by atoms with E-state index in [1.54, 1.807) is 50.6 Å². The number of hydrogen-bond acceptors (Lipinski definition) is 10. The zero-order valence-corrected chi connectivity index (χ0v) is 36.9. The molecule has 316 valence electrons. The molecular weight excluding hydrogens is 743 g/mol. The first-order valence-corrected chi connectivity index (χ1v) is 21.3. The lowest BCUT2D eigenvalue weighted by Crippen LogP contribution is -2.54. The monoisotopic (exact) mass is 809 g/mol. The summed E-state index contributed by atoms with van der Waals surface area (Å²) in [4.78, 5) is 69.3. The number of methoxy groups -OCH3 is 2. The summed E-state index contributed by atoms with van der Waals surface area (Å²) in [7, 11) is 8.52. The Kier molecular flexibility index (Phi) is 19.3. The summed E-state index contributed by atoms with van der Waals surface area (Å²) in [6.45, 7) is 12.1. The van der Waals surface area contributed by atoms with Gasteiger partial charge in [0.2, 0.25) is 11.8 Å². The highest BCUT2D eigenvalue weighted by molar-refractivity contribution is 7.09. The number of nitrogens with zero attached hydrogens (tertiary/aromatic N) is 7. The number of ketones is 2. The minimum Gasteiger partial charge on any atom is -0.379 e. The second-order valence-corrected chi connectivity index (χ2v) is 17.3. The fraction of sp³-hybridized carbons (Fsp3) is 0.698. The average molecular weight is 810 g/mol. The van der Waals surface area contributed by atoms with Crippen LogP contribution in [-0.2, 0) is 35.1 Å². The van der Waals surface area contributed by atoms with Crippen molar-refractivity contribution >= 4 is 34.7 Å². The number of aromatic nitrogens is 1. The van der Waals surface area contributed by atoms with Crippen LogP contribution in [0.25, 0.3) is 10.4 Å². The molecule has 0 bridgehead atoms. The third-order valence-electron chi connectivity index (χ3n) is 12.0. The van der Waals surface area contributed by atoms with E-state index in [1.165, 1.54) is 0 Å². The molecule has 0 aliphatic carbocycles. The zero-order valence-electron chi connectivity index (χ0n) is 36.0. The number of Topliss-reactive ketones (excluding diaryl/α,β-unsaturated/α-hetero) is 2. The molecule has 13 nitrogen and oxygen atoms in total. The van der Waals surface area contributed by atoms with Gasteiger partial charge in [0.15, 0.2) is 5.78 Å². The molecule has 57 heavy (non-hydrogen) atoms. The lowest BCUT2D eigenvalue weighted by Gasteiger charge is -2.41. The van der Waals surface area contributed by atoms with Gasteiger partial charge >= 0.3 is 0 Å². The SMILES string of the molecule is CC[C@H](C)[C@@H]([C@@H](CC(=O)N1CCC[C@H]1[C@H](OC)[C@@H](C)C(=O)C[C@@H](Cc1ccccc1)c1nccs1)OC)N(C)C(=O)[C@@H](CC(=O)[C@H](C(C)C)N(C)C)[C@H](C)N=[N+]=[N-]. The second kappa shape index (κ2) is 23.0. The standard InChI is InChI=1S/C43H67N7O6S/c1-12-28(4)40(49(9)43(54)33(30(6)46-47-44)25-36(52)39(27(2)3)48(7)8)37(55-10)26-38(53)50-21-16-19-34(50)41(56-11)29(5)35(51)24-32(42-45-20-22-57-42)23-31-17-14-13-15-18-31/h13-15,17-18,20,22,27-30,32-34,37,39-41H,12,16,19,21,23-26H2,1-11H3/t28-,29-,30-,32+,33-,34-,37+,39-,40-,41+/m0/s1. The van der Waals surface area contributed by atoms with Crippen LogP contribution in [-0.4, -0.2) is 121 Å². The van der Waals surface area contributed by atoms with Crippen molar-refractivity contribution in [3.63, 3.8) is 0 Å². The van der Waals surface area contributed by atoms with Crippen molar-refractivity contribution < 1.29 is 28.7 Å². The lowest BCUT2D eigenvalue weighted by molar-refractivity contribution is -0.148. The van der Waals surface area contributed by atoms with Gasteiger partial charge in [0.25, 0.3) is 0 Å². The van der Waals surface area contributed by atoms with Crippen LogP contribution in [0.2, 0.25) is 0 Å². The molecule has 2 aromatic rings. The van der Waals surface area contributed by atoms with Crippen molar-refractivity contribution in [3.05, 3.63) is 62.9 Å². The number of thiazole rings is 1. The van der Waals surface area contributed by atoms with Gasteiger partial charge in [0.1, 0.15) is 5.78 Å². The summed E-state index contributed by atoms with van der Waals surface area (Å²) < 4.78 is 12.1. The van der Waals surface area contributed by atoms with E-state index in [4.69, 9.17) is 9.47 Å². The summed E-state index contributed by atoms with van der Waals surface area (Å²) in [5.41, 5.74) is 10.5. The molecule has 3 rings (SSSR count). The molecule has 1 aromatic heterocycles. The highest BCUT2D eigenvalue weighted by Gasteiger charge is 2.43. The number of hydrogen-bond donors (Lipinski definition) is 0. The van der Waals surface area contributed by atoms with E-state index in [-0.39, 0.29) is 60.0 Å². The Morgan fingerprint density at radius 2 is 1.68 bits per heavy atom. The number of ether oxygens (including phenoxy) is 2. The van der Waals surface area contributed by atoms with Crippen molar-refractivity contribution in [3.8, 4) is 0 Å². The Hall–Kier alpha value is -3.68. The van der Waals surface area contributed by atoms with E-state index in [9.17, 15) is 24.7 Å². The van der Waals surface area contributed by atoms with Gasteiger partial charge in [0.05, 0.1) is 47.7 Å². The molecule has 1 fully saturated rings. The smallest absolute Gasteiger partial charge is 0.226 e. The number of benzene rings is 1. The van der Waals surface area contributed by atoms with Crippen LogP contribution in [0.3, 0.4) is 0 Å². The summed E-state index contributed by atoms with van der Waals surface area (Å²) in [5.74, 6) is -2.00. The van der Waals surface area contributed by atoms with Gasteiger partial charge < -0.3 is 19.3 Å². The summed E-state index contributed by atoms with van der Waals surface area (Å²) >= 11 is 1.56. The topological polar surface area (TPSA) is 158 Å². The van der Waals surface area contributed by atoms with Gasteiger partial charge in [-0.05, 0) is 56.3 Å². The van der Waals surface area contributed by atoms with E-state index in [0.29, 0.717) is 32.2 Å². The Labute approximate surface area is 344 Å². The van der Waals surface area contributed by atoms with Gasteiger partial charge in [-0.3, -0.25) is 24.1 Å². The van der Waals surface area contributed by atoms with E-state index < -0.39 is 42.2 Å². The molecule has 1 saturated heterocycles. The normalized spacial score (nSPS) is 19.2. The number of amides is 2. The molecule has 1 aromatic carbocycles. The largest absolute Gasteiger partial charge is 0.379 e. The highest BCUT2D eigenvalue weighted by Crippen LogP contribution is 2.33. The molecule has 0 spiro atoms. The van der Waals surface area contributed by atoms with Crippen LogP contribution >= 0.6 is 11.3 Å². The predicted octanol–water partition coefficient (Wildman–Crippen LogP) is 7.21. The molecule has 0 saturated carbocycles. The first-order valence-electron chi connectivity index (χ1n) is 20.4. The van der Waals surface area contributed by atoms with E-state index >= 15 is 0 Å². The number of rotatable bonds is 24. The van der Waals surface area contributed by atoms with Crippen LogP contribution in [0.1, 0.15) is 96.6 Å². The maximum absolute atomic E-state index is 14.4. The lowest BCUT2D eigenvalue weighted by atomic mass is 9.85. The Morgan fingerprint density at radius 1 is 1.00 bits per heavy atom. The second-order valence-electron chi connectivity index (χ2n) is 16.4.